The fourth-order valence-electron chi connectivity index (χ4n) is 2.12. The molecule has 0 saturated heterocycles. The molecule has 1 heterocycles. The molecule has 0 spiro atoms. The largest absolute Gasteiger partial charge is 0.534 e. The first kappa shape index (κ1) is 21.0. The molecule has 0 unspecified atom stereocenters. The third-order valence-electron chi connectivity index (χ3n) is 3.24. The lowest BCUT2D eigenvalue weighted by atomic mass is 10.1. The van der Waals surface area contributed by atoms with Crippen molar-refractivity contribution < 1.29 is 43.3 Å². The SMILES string of the molecule is CCn1nc(Cc2cc(F)cc(C(F)(F)F)c2)cc1OS(=O)(=O)C(F)(F)F. The van der Waals surface area contributed by atoms with Gasteiger partial charge >= 0.3 is 21.8 Å². The molecule has 0 fully saturated rings. The standard InChI is InChI=1S/C14H11F7N2O3S/c1-2-23-12(26-27(24,25)14(19,20)21)7-11(22-23)5-8-3-9(13(16,17)18)6-10(15)4-8/h3-4,6-7H,2,5H2,1H3. The molecule has 0 amide bonds. The normalized spacial score (nSPS) is 13.0. The van der Waals surface area contributed by atoms with Gasteiger partial charge in [-0.15, -0.1) is 0 Å². The summed E-state index contributed by atoms with van der Waals surface area (Å²) in [6.07, 6.45) is -5.19. The van der Waals surface area contributed by atoms with Gasteiger partial charge in [0.25, 0.3) is 0 Å². The van der Waals surface area contributed by atoms with Crippen LogP contribution in [0.15, 0.2) is 24.3 Å². The van der Waals surface area contributed by atoms with Gasteiger partial charge in [0.05, 0.1) is 11.3 Å². The fourth-order valence-corrected chi connectivity index (χ4v) is 2.57. The van der Waals surface area contributed by atoms with E-state index in [-0.39, 0.29) is 17.8 Å². The molecule has 0 bridgehead atoms. The van der Waals surface area contributed by atoms with E-state index < -0.39 is 45.5 Å². The molecular formula is C14H11F7N2O3S. The number of rotatable bonds is 5. The van der Waals surface area contributed by atoms with Gasteiger partial charge in [0, 0.05) is 19.0 Å². The van der Waals surface area contributed by atoms with E-state index in [4.69, 9.17) is 0 Å². The van der Waals surface area contributed by atoms with Crippen molar-refractivity contribution in [1.29, 1.82) is 0 Å². The Balaban J connectivity index is 2.35. The summed E-state index contributed by atoms with van der Waals surface area (Å²) in [6, 6.07) is 2.57. The molecule has 0 saturated carbocycles. The minimum atomic E-state index is -5.95. The summed E-state index contributed by atoms with van der Waals surface area (Å²) in [5, 5.41) is 3.77. The van der Waals surface area contributed by atoms with E-state index in [1.165, 1.54) is 6.92 Å². The zero-order valence-electron chi connectivity index (χ0n) is 13.4. The number of nitrogens with zero attached hydrogens (tertiary/aromatic N) is 2. The van der Waals surface area contributed by atoms with Crippen LogP contribution in [0.4, 0.5) is 30.7 Å². The minimum absolute atomic E-state index is 0.0837. The summed E-state index contributed by atoms with van der Waals surface area (Å²) in [5.74, 6) is -1.93. The second-order valence-electron chi connectivity index (χ2n) is 5.30. The number of aryl methyl sites for hydroxylation is 1. The average molecular weight is 420 g/mol. The van der Waals surface area contributed by atoms with Crippen LogP contribution in [0, 0.1) is 5.82 Å². The molecule has 150 valence electrons. The molecule has 0 aliphatic heterocycles. The first-order chi connectivity index (χ1) is 12.2. The van der Waals surface area contributed by atoms with Crippen molar-refractivity contribution >= 4 is 10.1 Å². The Hall–Kier alpha value is -2.31. The highest BCUT2D eigenvalue weighted by Gasteiger charge is 2.49. The van der Waals surface area contributed by atoms with Crippen molar-refractivity contribution in [3.63, 3.8) is 0 Å². The van der Waals surface area contributed by atoms with Crippen molar-refractivity contribution in [1.82, 2.24) is 9.78 Å². The van der Waals surface area contributed by atoms with Crippen molar-refractivity contribution in [3.8, 4) is 5.88 Å². The van der Waals surface area contributed by atoms with Crippen LogP contribution in [-0.4, -0.2) is 23.7 Å². The van der Waals surface area contributed by atoms with E-state index in [1.807, 2.05) is 0 Å². The predicted molar refractivity (Wildman–Crippen MR) is 77.7 cm³/mol. The Morgan fingerprint density at radius 2 is 1.70 bits per heavy atom. The molecule has 1 aromatic heterocycles. The van der Waals surface area contributed by atoms with E-state index in [9.17, 15) is 39.2 Å². The number of halogens is 7. The third-order valence-corrected chi connectivity index (χ3v) is 4.20. The minimum Gasteiger partial charge on any atom is -0.356 e. The number of hydrogen-bond acceptors (Lipinski definition) is 4. The van der Waals surface area contributed by atoms with Crippen LogP contribution in [-0.2, 0) is 29.3 Å². The first-order valence-electron chi connectivity index (χ1n) is 7.17. The monoisotopic (exact) mass is 420 g/mol. The zero-order valence-corrected chi connectivity index (χ0v) is 14.2. The van der Waals surface area contributed by atoms with Gasteiger partial charge in [0.1, 0.15) is 5.82 Å². The van der Waals surface area contributed by atoms with E-state index in [0.717, 1.165) is 16.8 Å². The number of alkyl halides is 6. The van der Waals surface area contributed by atoms with E-state index in [1.54, 1.807) is 0 Å². The molecule has 2 aromatic rings. The van der Waals surface area contributed by atoms with Gasteiger partial charge in [-0.3, -0.25) is 0 Å². The maximum atomic E-state index is 13.4. The molecule has 0 N–H and O–H groups in total. The third kappa shape index (κ3) is 4.90. The van der Waals surface area contributed by atoms with Crippen molar-refractivity contribution in [2.45, 2.75) is 31.6 Å². The van der Waals surface area contributed by atoms with Gasteiger partial charge in [0.2, 0.25) is 5.88 Å². The Morgan fingerprint density at radius 3 is 2.22 bits per heavy atom. The molecule has 0 aliphatic carbocycles. The Bertz CT molecular complexity index is 933. The molecule has 0 atom stereocenters. The lowest BCUT2D eigenvalue weighted by Crippen LogP contribution is -2.28. The number of benzene rings is 1. The Kier molecular flexibility index (Phi) is 5.46. The topological polar surface area (TPSA) is 61.2 Å². The predicted octanol–water partition coefficient (Wildman–Crippen LogP) is 3.88. The summed E-state index contributed by atoms with van der Waals surface area (Å²) in [7, 11) is -5.95. The van der Waals surface area contributed by atoms with Crippen LogP contribution in [0.5, 0.6) is 5.88 Å². The van der Waals surface area contributed by atoms with Crippen LogP contribution in [0.1, 0.15) is 23.7 Å². The van der Waals surface area contributed by atoms with E-state index >= 15 is 0 Å². The second-order valence-corrected chi connectivity index (χ2v) is 6.83. The molecule has 0 aliphatic rings. The summed E-state index contributed by atoms with van der Waals surface area (Å²) >= 11 is 0. The Morgan fingerprint density at radius 1 is 1.07 bits per heavy atom. The second kappa shape index (κ2) is 7.02. The van der Waals surface area contributed by atoms with Crippen molar-refractivity contribution in [2.75, 3.05) is 0 Å². The van der Waals surface area contributed by atoms with Crippen molar-refractivity contribution in [2.24, 2.45) is 0 Å². The highest BCUT2D eigenvalue weighted by molar-refractivity contribution is 7.87. The number of aromatic nitrogens is 2. The molecule has 1 aromatic carbocycles. The zero-order chi connectivity index (χ0) is 20.6. The van der Waals surface area contributed by atoms with Crippen LogP contribution in [0.25, 0.3) is 0 Å². The molecule has 13 heteroatoms. The molecule has 2 rings (SSSR count). The van der Waals surface area contributed by atoms with Crippen LogP contribution in [0.3, 0.4) is 0 Å². The maximum Gasteiger partial charge on any atom is 0.534 e. The van der Waals surface area contributed by atoms with Crippen LogP contribution in [0.2, 0.25) is 0 Å². The summed E-state index contributed by atoms with van der Waals surface area (Å²) in [6.45, 7) is 1.34. The van der Waals surface area contributed by atoms with E-state index in [0.29, 0.717) is 12.1 Å². The summed E-state index contributed by atoms with van der Waals surface area (Å²) in [5.41, 5.74) is -7.18. The van der Waals surface area contributed by atoms with Crippen molar-refractivity contribution in [3.05, 3.63) is 46.9 Å². The van der Waals surface area contributed by atoms with Gasteiger partial charge in [-0.05, 0) is 30.7 Å². The number of hydrogen-bond donors (Lipinski definition) is 0. The molecular weight excluding hydrogens is 409 g/mol. The highest BCUT2D eigenvalue weighted by atomic mass is 32.2. The molecule has 0 radical (unpaired) electrons. The molecule has 27 heavy (non-hydrogen) atoms. The smallest absolute Gasteiger partial charge is 0.356 e. The van der Waals surface area contributed by atoms with Gasteiger partial charge in [-0.2, -0.15) is 39.9 Å². The maximum absolute atomic E-state index is 13.4. The summed E-state index contributed by atoms with van der Waals surface area (Å²) < 4.78 is 116. The van der Waals surface area contributed by atoms with Crippen LogP contribution >= 0.6 is 0 Å². The van der Waals surface area contributed by atoms with Gasteiger partial charge in [0.15, 0.2) is 0 Å². The quantitative estimate of drug-likeness (QED) is 0.419. The van der Waals surface area contributed by atoms with Crippen LogP contribution < -0.4 is 4.18 Å². The lowest BCUT2D eigenvalue weighted by Gasteiger charge is -2.09. The highest BCUT2D eigenvalue weighted by Crippen LogP contribution is 2.31. The van der Waals surface area contributed by atoms with E-state index in [2.05, 4.69) is 9.28 Å². The van der Waals surface area contributed by atoms with Gasteiger partial charge in [-0.25, -0.2) is 9.07 Å². The fraction of sp³-hybridized carbons (Fsp3) is 0.357. The van der Waals surface area contributed by atoms with Gasteiger partial charge < -0.3 is 4.18 Å². The average Bonchev–Trinajstić information content (AvgIpc) is 2.85. The lowest BCUT2D eigenvalue weighted by molar-refractivity contribution is -0.137. The Labute approximate surface area is 148 Å². The first-order valence-corrected chi connectivity index (χ1v) is 8.58. The summed E-state index contributed by atoms with van der Waals surface area (Å²) in [4.78, 5) is 0. The molecule has 5 nitrogen and oxygen atoms in total. The van der Waals surface area contributed by atoms with Gasteiger partial charge in [-0.1, -0.05) is 0 Å².